The number of aromatic hydroxyl groups is 1. The zero-order valence-electron chi connectivity index (χ0n) is 17.8. The van der Waals surface area contributed by atoms with Crippen molar-refractivity contribution in [1.82, 2.24) is 9.62 Å². The van der Waals surface area contributed by atoms with Gasteiger partial charge in [-0.3, -0.25) is 9.62 Å². The molecule has 0 amide bonds. The third-order valence-corrected chi connectivity index (χ3v) is 8.56. The highest BCUT2D eigenvalue weighted by atomic mass is 32.2. The van der Waals surface area contributed by atoms with Crippen LogP contribution in [0.1, 0.15) is 64.3 Å². The molecule has 2 atom stereocenters. The zero-order valence-corrected chi connectivity index (χ0v) is 18.6. The first-order valence-corrected chi connectivity index (χ1v) is 10.8. The van der Waals surface area contributed by atoms with Gasteiger partial charge >= 0.3 is 10.2 Å². The lowest BCUT2D eigenvalue weighted by Gasteiger charge is -2.49. The van der Waals surface area contributed by atoms with Gasteiger partial charge in [-0.25, -0.2) is 8.70 Å². The number of fused-ring (bicyclic) bond motifs is 1. The summed E-state index contributed by atoms with van der Waals surface area (Å²) in [6.07, 6.45) is 0. The highest BCUT2D eigenvalue weighted by Crippen LogP contribution is 2.53. The first-order valence-electron chi connectivity index (χ1n) is 9.38. The van der Waals surface area contributed by atoms with Crippen LogP contribution in [0, 0.1) is 12.7 Å². The number of nitrogens with zero attached hydrogens (tertiary/aromatic N) is 2. The molecule has 0 saturated carbocycles. The smallest absolute Gasteiger partial charge is 0.324 e. The fourth-order valence-corrected chi connectivity index (χ4v) is 6.42. The first-order chi connectivity index (χ1) is 12.6. The Hall–Kier alpha value is -1.80. The molecule has 2 N–H and O–H groups in total. The van der Waals surface area contributed by atoms with Crippen LogP contribution in [0.15, 0.2) is 12.3 Å². The summed E-state index contributed by atoms with van der Waals surface area (Å²) in [5.74, 6) is -1.05. The quantitative estimate of drug-likeness (QED) is 0.742. The van der Waals surface area contributed by atoms with E-state index in [0.29, 0.717) is 11.1 Å². The predicted octanol–water partition coefficient (Wildman–Crippen LogP) is 3.46. The van der Waals surface area contributed by atoms with Crippen LogP contribution in [0.5, 0.6) is 5.75 Å². The summed E-state index contributed by atoms with van der Waals surface area (Å²) in [6, 6.07) is -0.174. The number of nitrogens with one attached hydrogen (secondary N) is 1. The molecule has 0 spiro atoms. The van der Waals surface area contributed by atoms with Crippen molar-refractivity contribution in [2.24, 2.45) is 0 Å². The fraction of sp³-hybridized carbons (Fsp3) is 0.600. The molecule has 2 heterocycles. The van der Waals surface area contributed by atoms with Crippen LogP contribution in [-0.4, -0.2) is 37.1 Å². The average Bonchev–Trinajstić information content (AvgIpc) is 2.72. The Kier molecular flexibility index (Phi) is 4.38. The van der Waals surface area contributed by atoms with Crippen LogP contribution in [-0.2, 0) is 15.6 Å². The first kappa shape index (κ1) is 20.9. The second-order valence-electron chi connectivity index (χ2n) is 9.07. The van der Waals surface area contributed by atoms with Crippen molar-refractivity contribution < 1.29 is 17.9 Å². The third-order valence-electron chi connectivity index (χ3n) is 6.94. The second kappa shape index (κ2) is 5.86. The Bertz CT molecular complexity index is 985. The number of halogens is 1. The largest absolute Gasteiger partial charge is 0.505 e. The molecule has 1 saturated heterocycles. The zero-order chi connectivity index (χ0) is 21.6. The molecule has 1 aromatic rings. The van der Waals surface area contributed by atoms with E-state index in [1.807, 2.05) is 27.8 Å². The van der Waals surface area contributed by atoms with E-state index < -0.39 is 27.0 Å². The SMILES string of the molecule is C=C1NS(=O)(=O)N(c2c(O)c(C)c3c(c2F)C(C)N(C)C(C)C3(C)C)C1(C)C. The summed E-state index contributed by atoms with van der Waals surface area (Å²) in [7, 11) is -2.15. The van der Waals surface area contributed by atoms with Gasteiger partial charge < -0.3 is 5.11 Å². The highest BCUT2D eigenvalue weighted by Gasteiger charge is 2.51. The molecule has 6 nitrogen and oxygen atoms in total. The van der Waals surface area contributed by atoms with E-state index in [4.69, 9.17) is 0 Å². The highest BCUT2D eigenvalue weighted by molar-refractivity contribution is 7.91. The molecule has 3 rings (SSSR count). The molecule has 2 aliphatic heterocycles. The van der Waals surface area contributed by atoms with E-state index in [1.165, 1.54) is 0 Å². The van der Waals surface area contributed by atoms with Gasteiger partial charge in [-0.1, -0.05) is 20.4 Å². The van der Waals surface area contributed by atoms with Crippen LogP contribution in [0.3, 0.4) is 0 Å². The summed E-state index contributed by atoms with van der Waals surface area (Å²) in [5.41, 5.74) is 0.0129. The van der Waals surface area contributed by atoms with Crippen molar-refractivity contribution in [2.75, 3.05) is 11.4 Å². The Morgan fingerprint density at radius 3 is 2.21 bits per heavy atom. The molecule has 0 aliphatic carbocycles. The number of hydrogen-bond donors (Lipinski definition) is 2. The predicted molar refractivity (Wildman–Crippen MR) is 109 cm³/mol. The van der Waals surface area contributed by atoms with E-state index in [-0.39, 0.29) is 29.2 Å². The van der Waals surface area contributed by atoms with Crippen molar-refractivity contribution in [3.8, 4) is 5.75 Å². The van der Waals surface area contributed by atoms with Crippen molar-refractivity contribution in [3.63, 3.8) is 0 Å². The number of hydrogen-bond acceptors (Lipinski definition) is 4. The normalized spacial score (nSPS) is 28.2. The van der Waals surface area contributed by atoms with E-state index in [2.05, 4.69) is 23.1 Å². The minimum absolute atomic E-state index is 0.103. The number of anilines is 1. The van der Waals surface area contributed by atoms with E-state index in [1.54, 1.807) is 20.8 Å². The van der Waals surface area contributed by atoms with Crippen molar-refractivity contribution in [1.29, 1.82) is 0 Å². The summed E-state index contributed by atoms with van der Waals surface area (Å²) >= 11 is 0. The molecule has 0 aromatic heterocycles. The van der Waals surface area contributed by atoms with Gasteiger partial charge in [-0.2, -0.15) is 8.42 Å². The minimum Gasteiger partial charge on any atom is -0.505 e. The molecular weight excluding hydrogens is 381 g/mol. The van der Waals surface area contributed by atoms with Crippen molar-refractivity contribution in [2.45, 2.75) is 71.5 Å². The van der Waals surface area contributed by atoms with Crippen LogP contribution in [0.25, 0.3) is 0 Å². The summed E-state index contributed by atoms with van der Waals surface area (Å²) in [4.78, 5) is 2.08. The van der Waals surface area contributed by atoms with Crippen LogP contribution < -0.4 is 9.03 Å². The molecule has 1 fully saturated rings. The number of likely N-dealkylation sites (N-methyl/N-ethyl adjacent to an activating group) is 1. The lowest BCUT2D eigenvalue weighted by Crippen LogP contribution is -2.51. The summed E-state index contributed by atoms with van der Waals surface area (Å²) in [6.45, 7) is 16.7. The molecule has 2 unspecified atom stereocenters. The maximum atomic E-state index is 16.0. The fourth-order valence-electron chi connectivity index (χ4n) is 4.65. The van der Waals surface area contributed by atoms with Gasteiger partial charge in [-0.15, -0.1) is 0 Å². The maximum absolute atomic E-state index is 16.0. The van der Waals surface area contributed by atoms with Crippen molar-refractivity contribution in [3.05, 3.63) is 34.8 Å². The number of phenolic OH excluding ortho intramolecular Hbond substituents is 1. The van der Waals surface area contributed by atoms with Gasteiger partial charge in [-0.05, 0) is 52.8 Å². The van der Waals surface area contributed by atoms with Gasteiger partial charge in [0.1, 0.15) is 11.4 Å². The Labute approximate surface area is 167 Å². The maximum Gasteiger partial charge on any atom is 0.324 e. The Balaban J connectivity index is 2.44. The van der Waals surface area contributed by atoms with Gasteiger partial charge in [0.15, 0.2) is 5.82 Å². The van der Waals surface area contributed by atoms with Gasteiger partial charge in [0.05, 0.1) is 5.54 Å². The standard InChI is InChI=1S/C20H30FN3O3S/c1-10-15-14(11(2)23(9)13(4)19(15,5)6)16(21)17(18(10)25)24-20(7,8)12(3)22-28(24,26)27/h11,13,22,25H,3H2,1-2,4-9H3. The van der Waals surface area contributed by atoms with Gasteiger partial charge in [0.25, 0.3) is 0 Å². The molecule has 2 aliphatic rings. The molecule has 0 radical (unpaired) electrons. The topological polar surface area (TPSA) is 72.9 Å². The molecule has 156 valence electrons. The van der Waals surface area contributed by atoms with E-state index in [0.717, 1.165) is 9.87 Å². The molecule has 8 heteroatoms. The van der Waals surface area contributed by atoms with Gasteiger partial charge in [0.2, 0.25) is 0 Å². The minimum atomic E-state index is -4.09. The Morgan fingerprint density at radius 1 is 1.21 bits per heavy atom. The monoisotopic (exact) mass is 411 g/mol. The van der Waals surface area contributed by atoms with Crippen LogP contribution in [0.2, 0.25) is 0 Å². The number of phenols is 1. The molecule has 28 heavy (non-hydrogen) atoms. The van der Waals surface area contributed by atoms with Gasteiger partial charge in [0, 0.05) is 28.8 Å². The number of rotatable bonds is 1. The van der Waals surface area contributed by atoms with E-state index in [9.17, 15) is 13.5 Å². The van der Waals surface area contributed by atoms with Crippen LogP contribution >= 0.6 is 0 Å². The molecule has 0 bridgehead atoms. The summed E-state index contributed by atoms with van der Waals surface area (Å²) < 4.78 is 44.8. The molecule has 1 aromatic carbocycles. The lowest BCUT2D eigenvalue weighted by atomic mass is 9.68. The average molecular weight is 412 g/mol. The molecular formula is C20H30FN3O3S. The Morgan fingerprint density at radius 2 is 1.75 bits per heavy atom. The summed E-state index contributed by atoms with van der Waals surface area (Å²) in [5, 5.41) is 11.0. The van der Waals surface area contributed by atoms with Crippen LogP contribution in [0.4, 0.5) is 10.1 Å². The van der Waals surface area contributed by atoms with E-state index >= 15 is 4.39 Å². The second-order valence-corrected chi connectivity index (χ2v) is 10.6. The van der Waals surface area contributed by atoms with Crippen molar-refractivity contribution >= 4 is 15.9 Å². The lowest BCUT2D eigenvalue weighted by molar-refractivity contribution is 0.110. The number of benzene rings is 1. The third kappa shape index (κ3) is 2.43.